The Morgan fingerprint density at radius 2 is 1.88 bits per heavy atom. The molecule has 3 aromatic heterocycles. The number of benzene rings is 2. The van der Waals surface area contributed by atoms with E-state index in [4.69, 9.17) is 0 Å². The van der Waals surface area contributed by atoms with Crippen LogP contribution >= 0.6 is 0 Å². The molecule has 0 spiro atoms. The van der Waals surface area contributed by atoms with Gasteiger partial charge in [0.15, 0.2) is 0 Å². The third-order valence-electron chi connectivity index (χ3n) is 5.83. The van der Waals surface area contributed by atoms with Gasteiger partial charge < -0.3 is 5.32 Å². The van der Waals surface area contributed by atoms with Gasteiger partial charge in [0.25, 0.3) is 0 Å². The van der Waals surface area contributed by atoms with E-state index in [1.54, 1.807) is 25.3 Å². The van der Waals surface area contributed by atoms with Crippen molar-refractivity contribution in [3.8, 4) is 11.8 Å². The third kappa shape index (κ3) is 5.44. The van der Waals surface area contributed by atoms with Gasteiger partial charge in [0, 0.05) is 23.5 Å². The molecular weight excluding hydrogens is 532 g/mol. The fraction of sp³-hybridized carbons (Fsp3) is 0.154. The number of nitriles is 1. The van der Waals surface area contributed by atoms with Crippen LogP contribution in [0.15, 0.2) is 70.6 Å². The Labute approximate surface area is 222 Å². The Balaban J connectivity index is 1.61. The molecule has 202 valence electrons. The second-order valence-electron chi connectivity index (χ2n) is 8.91. The van der Waals surface area contributed by atoms with Crippen LogP contribution in [0.2, 0.25) is 0 Å². The number of nitrogens with one attached hydrogen (secondary N) is 1. The molecule has 5 rings (SSSR count). The Kier molecular flexibility index (Phi) is 6.64. The highest BCUT2D eigenvalue weighted by atomic mass is 19.4. The molecule has 2 aromatic carbocycles. The number of rotatable bonds is 6. The van der Waals surface area contributed by atoms with Gasteiger partial charge in [-0.05, 0) is 54.4 Å². The number of fused-ring (bicyclic) bond motifs is 1. The summed E-state index contributed by atoms with van der Waals surface area (Å²) in [6, 6.07) is 11.5. The molecule has 0 bridgehead atoms. The molecule has 10 nitrogen and oxygen atoms in total. The van der Waals surface area contributed by atoms with E-state index in [9.17, 15) is 32.4 Å². The number of hydrogen-bond acceptors (Lipinski definition) is 7. The van der Waals surface area contributed by atoms with Crippen LogP contribution in [0.5, 0.6) is 0 Å². The highest BCUT2D eigenvalue weighted by molar-refractivity contribution is 5.82. The molecular formula is C26H18F4N8O2. The van der Waals surface area contributed by atoms with Gasteiger partial charge in [-0.25, -0.2) is 18.5 Å². The lowest BCUT2D eigenvalue weighted by molar-refractivity contribution is -0.142. The van der Waals surface area contributed by atoms with Gasteiger partial charge in [-0.1, -0.05) is 6.07 Å². The maximum Gasteiger partial charge on any atom is 0.408 e. The summed E-state index contributed by atoms with van der Waals surface area (Å²) in [5, 5.41) is 16.4. The smallest absolute Gasteiger partial charge is 0.325 e. The number of nitrogens with zero attached hydrogens (tertiary/aromatic N) is 7. The standard InChI is InChI=1S/C26H18F4N8O2/c1-15-6-20(11-32-10-15)38-24(39)34-23(37(25(38)40)12-16-2-4-21(27)17(7-16)9-31)33-19-3-5-22-18(8-19)13-36(35-22)14-26(28,29)30/h2-8,10-11,13H,12,14H2,1H3,(H,33,34,39). The van der Waals surface area contributed by atoms with Gasteiger partial charge in [0.2, 0.25) is 5.95 Å². The second kappa shape index (κ2) is 10.1. The van der Waals surface area contributed by atoms with E-state index in [2.05, 4.69) is 20.4 Å². The van der Waals surface area contributed by atoms with E-state index < -0.39 is 29.9 Å². The molecule has 5 aromatic rings. The van der Waals surface area contributed by atoms with Crippen molar-refractivity contribution in [1.82, 2.24) is 28.9 Å². The van der Waals surface area contributed by atoms with Gasteiger partial charge in [0.05, 0.1) is 29.5 Å². The van der Waals surface area contributed by atoms with Crippen LogP contribution in [0.1, 0.15) is 16.7 Å². The van der Waals surface area contributed by atoms with E-state index in [0.717, 1.165) is 19.9 Å². The van der Waals surface area contributed by atoms with E-state index in [-0.39, 0.29) is 23.7 Å². The topological polar surface area (TPSA) is 123 Å². The fourth-order valence-corrected chi connectivity index (χ4v) is 4.10. The van der Waals surface area contributed by atoms with Crippen LogP contribution in [0, 0.1) is 24.1 Å². The van der Waals surface area contributed by atoms with Crippen molar-refractivity contribution >= 4 is 22.5 Å². The number of alkyl halides is 3. The Bertz CT molecular complexity index is 1920. The minimum Gasteiger partial charge on any atom is -0.325 e. The lowest BCUT2D eigenvalue weighted by Crippen LogP contribution is -2.41. The minimum absolute atomic E-state index is 0.179. The van der Waals surface area contributed by atoms with Crippen LogP contribution in [-0.2, 0) is 13.1 Å². The van der Waals surface area contributed by atoms with Crippen LogP contribution < -0.4 is 16.7 Å². The number of aromatic nitrogens is 6. The van der Waals surface area contributed by atoms with Gasteiger partial charge >= 0.3 is 17.6 Å². The summed E-state index contributed by atoms with van der Waals surface area (Å²) < 4.78 is 55.0. The predicted octanol–water partition coefficient (Wildman–Crippen LogP) is 3.81. The van der Waals surface area contributed by atoms with E-state index in [1.807, 2.05) is 0 Å². The van der Waals surface area contributed by atoms with Crippen LogP contribution in [0.25, 0.3) is 16.6 Å². The Morgan fingerprint density at radius 1 is 1.07 bits per heavy atom. The zero-order valence-electron chi connectivity index (χ0n) is 20.6. The zero-order valence-corrected chi connectivity index (χ0v) is 20.6. The van der Waals surface area contributed by atoms with Gasteiger partial charge in [-0.15, -0.1) is 0 Å². The highest BCUT2D eigenvalue weighted by Gasteiger charge is 2.28. The lowest BCUT2D eigenvalue weighted by atomic mass is 10.1. The molecule has 0 amide bonds. The summed E-state index contributed by atoms with van der Waals surface area (Å²) in [4.78, 5) is 34.7. The van der Waals surface area contributed by atoms with Crippen molar-refractivity contribution in [3.63, 3.8) is 0 Å². The van der Waals surface area contributed by atoms with Crippen molar-refractivity contribution in [2.75, 3.05) is 5.32 Å². The summed E-state index contributed by atoms with van der Waals surface area (Å²) in [6.45, 7) is 0.271. The summed E-state index contributed by atoms with van der Waals surface area (Å²) in [5.41, 5.74) is -0.0771. The summed E-state index contributed by atoms with van der Waals surface area (Å²) >= 11 is 0. The molecule has 0 unspecified atom stereocenters. The fourth-order valence-electron chi connectivity index (χ4n) is 4.10. The molecule has 0 aliphatic heterocycles. The molecule has 0 fully saturated rings. The van der Waals surface area contributed by atoms with Crippen molar-refractivity contribution in [1.29, 1.82) is 5.26 Å². The largest absolute Gasteiger partial charge is 0.408 e. The third-order valence-corrected chi connectivity index (χ3v) is 5.83. The Hall–Kier alpha value is -5.32. The summed E-state index contributed by atoms with van der Waals surface area (Å²) in [5.74, 6) is -0.915. The van der Waals surface area contributed by atoms with Crippen LogP contribution in [0.3, 0.4) is 0 Å². The first-order valence-corrected chi connectivity index (χ1v) is 11.7. The molecule has 1 N–H and O–H groups in total. The van der Waals surface area contributed by atoms with Crippen molar-refractivity contribution in [3.05, 3.63) is 105 Å². The number of hydrogen-bond donors (Lipinski definition) is 1. The summed E-state index contributed by atoms with van der Waals surface area (Å²) in [7, 11) is 0. The first kappa shape index (κ1) is 26.3. The number of halogens is 4. The highest BCUT2D eigenvalue weighted by Crippen LogP contribution is 2.23. The molecule has 14 heteroatoms. The van der Waals surface area contributed by atoms with Gasteiger partial charge in [0.1, 0.15) is 18.4 Å². The molecule has 0 saturated heterocycles. The lowest BCUT2D eigenvalue weighted by Gasteiger charge is -2.16. The zero-order chi connectivity index (χ0) is 28.6. The number of aryl methyl sites for hydroxylation is 1. The maximum absolute atomic E-state index is 13.9. The van der Waals surface area contributed by atoms with Crippen molar-refractivity contribution in [2.45, 2.75) is 26.2 Å². The first-order chi connectivity index (χ1) is 19.0. The normalized spacial score (nSPS) is 11.5. The number of pyridine rings is 1. The maximum atomic E-state index is 13.9. The van der Waals surface area contributed by atoms with Crippen LogP contribution in [0.4, 0.5) is 29.2 Å². The van der Waals surface area contributed by atoms with E-state index >= 15 is 0 Å². The first-order valence-electron chi connectivity index (χ1n) is 11.7. The minimum atomic E-state index is -4.45. The monoisotopic (exact) mass is 550 g/mol. The Morgan fingerprint density at radius 3 is 2.60 bits per heavy atom. The second-order valence-corrected chi connectivity index (χ2v) is 8.91. The average molecular weight is 550 g/mol. The summed E-state index contributed by atoms with van der Waals surface area (Å²) in [6.07, 6.45) is -0.358. The molecule has 0 aliphatic rings. The average Bonchev–Trinajstić information content (AvgIpc) is 3.27. The van der Waals surface area contributed by atoms with Crippen LogP contribution in [-0.4, -0.2) is 35.1 Å². The molecule has 0 saturated carbocycles. The SMILES string of the molecule is Cc1cncc(-n2c(=O)nc(Nc3ccc4nn(CC(F)(F)F)cc4c3)n(Cc3ccc(F)c(C#N)c3)c2=O)c1. The molecule has 0 atom stereocenters. The van der Waals surface area contributed by atoms with Crippen molar-refractivity contribution in [2.24, 2.45) is 0 Å². The van der Waals surface area contributed by atoms with Gasteiger partial charge in [-0.2, -0.15) is 28.5 Å². The molecule has 3 heterocycles. The van der Waals surface area contributed by atoms with E-state index in [0.29, 0.717) is 27.7 Å². The number of anilines is 2. The van der Waals surface area contributed by atoms with E-state index in [1.165, 1.54) is 42.7 Å². The molecule has 0 radical (unpaired) electrons. The predicted molar refractivity (Wildman–Crippen MR) is 136 cm³/mol. The van der Waals surface area contributed by atoms with Crippen molar-refractivity contribution < 1.29 is 17.6 Å². The molecule has 40 heavy (non-hydrogen) atoms. The van der Waals surface area contributed by atoms with Gasteiger partial charge in [-0.3, -0.25) is 14.2 Å². The molecule has 0 aliphatic carbocycles. The quantitative estimate of drug-likeness (QED) is 0.319.